The Labute approximate surface area is 191 Å². The van der Waals surface area contributed by atoms with E-state index < -0.39 is 99.4 Å². The minimum Gasteiger partial charge on any atom is -0.369 e. The van der Waals surface area contributed by atoms with Gasteiger partial charge >= 0.3 is 21.6 Å². The van der Waals surface area contributed by atoms with Crippen molar-refractivity contribution >= 4 is 38.0 Å². The number of nitrogens with zero attached hydrogens (tertiary/aromatic N) is 1. The van der Waals surface area contributed by atoms with Crippen molar-refractivity contribution < 1.29 is 72.2 Å². The molecule has 19 heteroatoms. The fraction of sp³-hybridized carbons (Fsp3) is 0.800. The zero-order valence-electron chi connectivity index (χ0n) is 17.6. The molecule has 0 bridgehead atoms. The number of alkyl halides is 3. The molecule has 0 aliphatic carbocycles. The lowest BCUT2D eigenvalue weighted by Gasteiger charge is -2.42. The molecule has 14 nitrogen and oxygen atoms in total. The monoisotopic (exact) mass is 543 g/mol. The van der Waals surface area contributed by atoms with Crippen LogP contribution in [0.5, 0.6) is 0 Å². The number of carbonyl (C=O) groups excluding carboxylic acids is 3. The van der Waals surface area contributed by atoms with Gasteiger partial charge in [0, 0.05) is 0 Å². The van der Waals surface area contributed by atoms with E-state index in [1.807, 2.05) is 0 Å². The maximum absolute atomic E-state index is 12.6. The van der Waals surface area contributed by atoms with Gasteiger partial charge in [-0.2, -0.15) is 30.0 Å². The molecule has 0 aromatic carbocycles. The summed E-state index contributed by atoms with van der Waals surface area (Å²) < 4.78 is 111. The van der Waals surface area contributed by atoms with Crippen molar-refractivity contribution in [1.82, 2.24) is 5.06 Å². The van der Waals surface area contributed by atoms with Crippen LogP contribution in [0.15, 0.2) is 0 Å². The van der Waals surface area contributed by atoms with Crippen molar-refractivity contribution in [3.63, 3.8) is 0 Å². The van der Waals surface area contributed by atoms with Crippen molar-refractivity contribution in [2.24, 2.45) is 5.41 Å². The quantitative estimate of drug-likeness (QED) is 0.163. The van der Waals surface area contributed by atoms with Crippen LogP contribution in [0.4, 0.5) is 13.2 Å². The van der Waals surface area contributed by atoms with Crippen molar-refractivity contribution in [3.8, 4) is 0 Å². The first-order valence-electron chi connectivity index (χ1n) is 9.14. The van der Waals surface area contributed by atoms with E-state index in [0.717, 1.165) is 0 Å². The van der Waals surface area contributed by atoms with Crippen LogP contribution in [0, 0.1) is 5.41 Å². The fourth-order valence-corrected chi connectivity index (χ4v) is 3.85. The van der Waals surface area contributed by atoms with E-state index in [-0.39, 0.29) is 5.06 Å². The molecule has 0 saturated carbocycles. The Morgan fingerprint density at radius 2 is 1.71 bits per heavy atom. The second-order valence-electron chi connectivity index (χ2n) is 7.83. The SMILES string of the molecule is CC1(C)OCC(COCC(=O)ON2C(=O)CC(S(=O)(=O)O)C2=O)(COS(=O)(=O)C(F)(F)F)CO1. The number of hydroxylamine groups is 2. The molecule has 1 atom stereocenters. The third-order valence-corrected chi connectivity index (χ3v) is 6.58. The number of hydrogen-bond donors (Lipinski definition) is 1. The minimum absolute atomic E-state index is 0.172. The van der Waals surface area contributed by atoms with E-state index in [2.05, 4.69) is 9.02 Å². The van der Waals surface area contributed by atoms with Crippen LogP contribution in [0.1, 0.15) is 20.3 Å². The van der Waals surface area contributed by atoms with E-state index in [9.17, 15) is 44.4 Å². The summed E-state index contributed by atoms with van der Waals surface area (Å²) in [7, 11) is -10.9. The van der Waals surface area contributed by atoms with Crippen molar-refractivity contribution in [3.05, 3.63) is 0 Å². The van der Waals surface area contributed by atoms with Gasteiger partial charge in [-0.3, -0.25) is 18.3 Å². The molecule has 0 aromatic rings. The third-order valence-electron chi connectivity index (χ3n) is 4.50. The van der Waals surface area contributed by atoms with Gasteiger partial charge in [0.2, 0.25) is 0 Å². The lowest BCUT2D eigenvalue weighted by atomic mass is 9.91. The number of rotatable bonds is 9. The number of ether oxygens (including phenoxy) is 3. The van der Waals surface area contributed by atoms with Gasteiger partial charge in [0.15, 0.2) is 11.0 Å². The van der Waals surface area contributed by atoms with Crippen LogP contribution in [0.25, 0.3) is 0 Å². The first-order valence-corrected chi connectivity index (χ1v) is 12.1. The van der Waals surface area contributed by atoms with E-state index in [0.29, 0.717) is 0 Å². The van der Waals surface area contributed by atoms with E-state index in [1.165, 1.54) is 13.8 Å². The highest BCUT2D eigenvalue weighted by Crippen LogP contribution is 2.33. The molecule has 1 N–H and O–H groups in total. The molecule has 2 saturated heterocycles. The molecule has 2 aliphatic heterocycles. The molecule has 2 fully saturated rings. The number of hydrogen-bond acceptors (Lipinski definition) is 12. The van der Waals surface area contributed by atoms with E-state index in [1.54, 1.807) is 0 Å². The highest BCUT2D eigenvalue weighted by molar-refractivity contribution is 7.87. The minimum atomic E-state index is -5.96. The third kappa shape index (κ3) is 6.83. The Morgan fingerprint density at radius 3 is 2.18 bits per heavy atom. The summed E-state index contributed by atoms with van der Waals surface area (Å²) in [6, 6.07) is 0. The Balaban J connectivity index is 1.99. The number of halogens is 3. The lowest BCUT2D eigenvalue weighted by molar-refractivity contribution is -0.295. The number of imide groups is 1. The fourth-order valence-electron chi connectivity index (χ4n) is 2.60. The van der Waals surface area contributed by atoms with E-state index in [4.69, 9.17) is 18.8 Å². The average Bonchev–Trinajstić information content (AvgIpc) is 2.96. The summed E-state index contributed by atoms with van der Waals surface area (Å²) in [6.45, 7) is -0.604. The number of carbonyl (C=O) groups is 3. The van der Waals surface area contributed by atoms with E-state index >= 15 is 0 Å². The standard InChI is InChI=1S/C15H20F3NO13S2/c1-13(2)29-6-14(7-30-13,8-31-34(26,27)15(16,17)18)5-28-4-11(21)32-19-10(20)3-9(12(19)22)33(23,24)25/h9H,3-8H2,1-2H3,(H,23,24,25). The van der Waals surface area contributed by atoms with Gasteiger partial charge in [-0.15, -0.1) is 5.06 Å². The second kappa shape index (κ2) is 9.63. The highest BCUT2D eigenvalue weighted by Gasteiger charge is 2.51. The highest BCUT2D eigenvalue weighted by atomic mass is 32.2. The zero-order chi connectivity index (χ0) is 26.2. The maximum Gasteiger partial charge on any atom is 0.523 e. The Morgan fingerprint density at radius 1 is 1.15 bits per heavy atom. The predicted octanol–water partition coefficient (Wildman–Crippen LogP) is -0.888. The molecular formula is C15H20F3NO13S2. The first-order chi connectivity index (χ1) is 15.3. The molecule has 196 valence electrons. The Hall–Kier alpha value is -1.90. The van der Waals surface area contributed by atoms with Gasteiger partial charge < -0.3 is 19.0 Å². The summed E-state index contributed by atoms with van der Waals surface area (Å²) in [6.07, 6.45) is -0.968. The van der Waals surface area contributed by atoms with Gasteiger partial charge in [0.1, 0.15) is 6.61 Å². The summed E-state index contributed by atoms with van der Waals surface area (Å²) >= 11 is 0. The lowest BCUT2D eigenvalue weighted by Crippen LogP contribution is -2.52. The largest absolute Gasteiger partial charge is 0.523 e. The molecule has 2 heterocycles. The average molecular weight is 543 g/mol. The Bertz CT molecular complexity index is 1030. The zero-order valence-corrected chi connectivity index (χ0v) is 19.2. The van der Waals surface area contributed by atoms with Crippen molar-refractivity contribution in [1.29, 1.82) is 0 Å². The van der Waals surface area contributed by atoms with Gasteiger partial charge in [0.25, 0.3) is 21.9 Å². The van der Waals surface area contributed by atoms with Gasteiger partial charge in [-0.1, -0.05) is 0 Å². The predicted molar refractivity (Wildman–Crippen MR) is 98.1 cm³/mol. The van der Waals surface area contributed by atoms with Crippen LogP contribution in [-0.4, -0.2) is 93.8 Å². The van der Waals surface area contributed by atoms with Crippen LogP contribution in [0.3, 0.4) is 0 Å². The van der Waals surface area contributed by atoms with Crippen LogP contribution in [-0.2, 0) is 57.9 Å². The Kier molecular flexibility index (Phi) is 8.02. The maximum atomic E-state index is 12.6. The van der Waals surface area contributed by atoms with Gasteiger partial charge in [0.05, 0.1) is 38.3 Å². The summed E-state index contributed by atoms with van der Waals surface area (Å²) in [5.74, 6) is -5.31. The van der Waals surface area contributed by atoms with Crippen LogP contribution < -0.4 is 0 Å². The van der Waals surface area contributed by atoms with Crippen molar-refractivity contribution in [2.75, 3.05) is 33.0 Å². The summed E-state index contributed by atoms with van der Waals surface area (Å²) in [5, 5.41) is -2.32. The molecule has 2 amide bonds. The molecule has 34 heavy (non-hydrogen) atoms. The van der Waals surface area contributed by atoms with Crippen LogP contribution >= 0.6 is 0 Å². The molecular weight excluding hydrogens is 523 g/mol. The summed E-state index contributed by atoms with van der Waals surface area (Å²) in [5.41, 5.74) is -7.31. The smallest absolute Gasteiger partial charge is 0.369 e. The molecule has 0 aromatic heterocycles. The summed E-state index contributed by atoms with van der Waals surface area (Å²) in [4.78, 5) is 39.9. The number of amides is 2. The normalized spacial score (nSPS) is 23.2. The topological polar surface area (TPSA) is 189 Å². The molecule has 1 unspecified atom stereocenters. The first kappa shape index (κ1) is 28.3. The van der Waals surface area contributed by atoms with Crippen molar-refractivity contribution in [2.45, 2.75) is 36.8 Å². The molecule has 2 aliphatic rings. The van der Waals surface area contributed by atoms with Gasteiger partial charge in [-0.05, 0) is 13.8 Å². The molecule has 2 rings (SSSR count). The molecule has 0 radical (unpaired) electrons. The van der Waals surface area contributed by atoms with Gasteiger partial charge in [-0.25, -0.2) is 4.79 Å². The van der Waals surface area contributed by atoms with Crippen LogP contribution in [0.2, 0.25) is 0 Å². The molecule has 0 spiro atoms. The second-order valence-corrected chi connectivity index (χ2v) is 11.0.